The first kappa shape index (κ1) is 6.68. The van der Waals surface area contributed by atoms with Gasteiger partial charge in [0.1, 0.15) is 0 Å². The van der Waals surface area contributed by atoms with E-state index in [1.807, 2.05) is 5.43 Å². The lowest BCUT2D eigenvalue weighted by Gasteiger charge is -1.98. The molecule has 0 aliphatic heterocycles. The highest BCUT2D eigenvalue weighted by atomic mass is 35.5. The van der Waals surface area contributed by atoms with E-state index in [0.717, 1.165) is 0 Å². The van der Waals surface area contributed by atoms with Gasteiger partial charge in [0, 0.05) is 0 Å². The fourth-order valence-corrected chi connectivity index (χ4v) is 0.0821. The average Bonchev–Trinajstić information content (AvgIpc) is 1.65. The van der Waals surface area contributed by atoms with Gasteiger partial charge in [-0.2, -0.15) is 0 Å². The van der Waals surface area contributed by atoms with Crippen LogP contribution in [0.5, 0.6) is 0 Å². The fourth-order valence-electron chi connectivity index (χ4n) is 0.0821. The molecule has 0 saturated carbocycles. The van der Waals surface area contributed by atoms with E-state index in [9.17, 15) is 4.79 Å². The molecule has 5 N–H and O–H groups in total. The molecule has 0 heterocycles. The summed E-state index contributed by atoms with van der Waals surface area (Å²) in [5.41, 5.74) is 5.63. The molecule has 1 atom stereocenters. The second-order valence-corrected chi connectivity index (χ2v) is 1.37. The number of carbonyl (C=O) groups is 1. The third kappa shape index (κ3) is 2.38. The SMILES string of the molecule is NNC(Cl)C(N)=O. The highest BCUT2D eigenvalue weighted by molar-refractivity contribution is 6.30. The monoisotopic (exact) mass is 123 g/mol. The van der Waals surface area contributed by atoms with Gasteiger partial charge in [0.05, 0.1) is 0 Å². The largest absolute Gasteiger partial charge is 0.367 e. The molecule has 0 aromatic rings. The molecule has 0 radical (unpaired) electrons. The van der Waals surface area contributed by atoms with Crippen LogP contribution in [-0.2, 0) is 4.79 Å². The Morgan fingerprint density at radius 1 is 1.86 bits per heavy atom. The number of primary amides is 1. The summed E-state index contributed by atoms with van der Waals surface area (Å²) < 4.78 is 0. The van der Waals surface area contributed by atoms with E-state index in [-0.39, 0.29) is 0 Å². The second-order valence-electron chi connectivity index (χ2n) is 0.932. The van der Waals surface area contributed by atoms with Crippen LogP contribution < -0.4 is 17.0 Å². The van der Waals surface area contributed by atoms with Crippen LogP contribution in [0.3, 0.4) is 0 Å². The van der Waals surface area contributed by atoms with Crippen LogP contribution in [0.4, 0.5) is 0 Å². The number of hydrogen-bond donors (Lipinski definition) is 3. The molecule has 0 fully saturated rings. The molecular formula is C2H6ClN3O. The summed E-state index contributed by atoms with van der Waals surface area (Å²) in [6.07, 6.45) is 0. The molecule has 1 amide bonds. The number of hydrogen-bond acceptors (Lipinski definition) is 3. The molecule has 7 heavy (non-hydrogen) atoms. The molecule has 42 valence electrons. The van der Waals surface area contributed by atoms with Gasteiger partial charge in [0.2, 0.25) is 0 Å². The molecule has 0 aromatic heterocycles. The number of amides is 1. The smallest absolute Gasteiger partial charge is 0.251 e. The molecular weight excluding hydrogens is 117 g/mol. The second kappa shape index (κ2) is 2.79. The van der Waals surface area contributed by atoms with Gasteiger partial charge in [0.15, 0.2) is 5.50 Å². The topological polar surface area (TPSA) is 81.1 Å². The fraction of sp³-hybridized carbons (Fsp3) is 0.500. The molecule has 0 aliphatic rings. The van der Waals surface area contributed by atoms with Crippen LogP contribution >= 0.6 is 11.6 Å². The van der Waals surface area contributed by atoms with Crippen molar-refractivity contribution < 1.29 is 4.79 Å². The van der Waals surface area contributed by atoms with Crippen LogP contribution in [0.25, 0.3) is 0 Å². The molecule has 0 aromatic carbocycles. The summed E-state index contributed by atoms with van der Waals surface area (Å²) in [5.74, 6) is 4.01. The Balaban J connectivity index is 3.34. The zero-order valence-electron chi connectivity index (χ0n) is 3.52. The Labute approximate surface area is 45.8 Å². The van der Waals surface area contributed by atoms with E-state index >= 15 is 0 Å². The van der Waals surface area contributed by atoms with Crippen molar-refractivity contribution in [3.63, 3.8) is 0 Å². The predicted molar refractivity (Wildman–Crippen MR) is 26.2 cm³/mol. The highest BCUT2D eigenvalue weighted by Gasteiger charge is 2.05. The van der Waals surface area contributed by atoms with Crippen molar-refractivity contribution in [2.45, 2.75) is 5.50 Å². The van der Waals surface area contributed by atoms with Crippen molar-refractivity contribution in [1.29, 1.82) is 0 Å². The molecule has 4 nitrogen and oxygen atoms in total. The maximum atomic E-state index is 9.88. The minimum Gasteiger partial charge on any atom is -0.367 e. The van der Waals surface area contributed by atoms with Crippen LogP contribution in [0, 0.1) is 0 Å². The lowest BCUT2D eigenvalue weighted by Crippen LogP contribution is -2.40. The van der Waals surface area contributed by atoms with E-state index in [2.05, 4.69) is 5.73 Å². The maximum absolute atomic E-state index is 9.88. The summed E-state index contributed by atoms with van der Waals surface area (Å²) in [5, 5.41) is 0. The summed E-state index contributed by atoms with van der Waals surface area (Å²) in [6.45, 7) is 0. The van der Waals surface area contributed by atoms with Crippen molar-refractivity contribution in [2.75, 3.05) is 0 Å². The quantitative estimate of drug-likeness (QED) is 0.181. The third-order valence-corrected chi connectivity index (χ3v) is 0.737. The number of alkyl halides is 1. The highest BCUT2D eigenvalue weighted by Crippen LogP contribution is 1.82. The van der Waals surface area contributed by atoms with Gasteiger partial charge >= 0.3 is 0 Å². The number of rotatable bonds is 2. The van der Waals surface area contributed by atoms with Crippen LogP contribution in [-0.4, -0.2) is 11.4 Å². The lowest BCUT2D eigenvalue weighted by molar-refractivity contribution is -0.118. The maximum Gasteiger partial charge on any atom is 0.251 e. The van der Waals surface area contributed by atoms with Crippen LogP contribution in [0.2, 0.25) is 0 Å². The Kier molecular flexibility index (Phi) is 2.66. The van der Waals surface area contributed by atoms with E-state index in [1.165, 1.54) is 0 Å². The zero-order valence-corrected chi connectivity index (χ0v) is 4.27. The Morgan fingerprint density at radius 3 is 2.29 bits per heavy atom. The van der Waals surface area contributed by atoms with Crippen molar-refractivity contribution in [2.24, 2.45) is 11.6 Å². The molecule has 0 rings (SSSR count). The number of carbonyl (C=O) groups excluding carboxylic acids is 1. The Hall–Kier alpha value is -0.320. The molecule has 0 spiro atoms. The standard InChI is InChI=1S/C2H6ClN3O/c3-1(6-5)2(4)7/h1,6H,5H2,(H2,4,7). The number of nitrogens with one attached hydrogen (secondary N) is 1. The van der Waals surface area contributed by atoms with E-state index in [0.29, 0.717) is 0 Å². The molecule has 0 aliphatic carbocycles. The Bertz CT molecular complexity index is 75.3. The molecule has 1 unspecified atom stereocenters. The predicted octanol–water partition coefficient (Wildman–Crippen LogP) is -1.50. The van der Waals surface area contributed by atoms with Crippen molar-refractivity contribution >= 4 is 17.5 Å². The lowest BCUT2D eigenvalue weighted by atomic mass is 10.6. The third-order valence-electron chi connectivity index (χ3n) is 0.396. The normalized spacial score (nSPS) is 13.4. The summed E-state index contributed by atoms with van der Waals surface area (Å²) in [4.78, 5) is 9.88. The first-order chi connectivity index (χ1) is 3.18. The Morgan fingerprint density at radius 2 is 2.29 bits per heavy atom. The van der Waals surface area contributed by atoms with Crippen LogP contribution in [0.15, 0.2) is 0 Å². The summed E-state index contributed by atoms with van der Waals surface area (Å²) in [7, 11) is 0. The minimum atomic E-state index is -0.958. The van der Waals surface area contributed by atoms with Gasteiger partial charge in [0.25, 0.3) is 5.91 Å². The van der Waals surface area contributed by atoms with Crippen LogP contribution in [0.1, 0.15) is 0 Å². The summed E-state index contributed by atoms with van der Waals surface area (Å²) >= 11 is 5.09. The van der Waals surface area contributed by atoms with E-state index < -0.39 is 11.4 Å². The van der Waals surface area contributed by atoms with Crippen molar-refractivity contribution in [1.82, 2.24) is 5.43 Å². The van der Waals surface area contributed by atoms with Crippen molar-refractivity contribution in [3.05, 3.63) is 0 Å². The van der Waals surface area contributed by atoms with Gasteiger partial charge in [-0.15, -0.1) is 0 Å². The number of hydrazine groups is 1. The van der Waals surface area contributed by atoms with Gasteiger partial charge in [-0.25, -0.2) is 5.43 Å². The minimum absolute atomic E-state index is 0.677. The van der Waals surface area contributed by atoms with Gasteiger partial charge < -0.3 is 5.73 Å². The average molecular weight is 124 g/mol. The zero-order chi connectivity index (χ0) is 5.86. The van der Waals surface area contributed by atoms with Gasteiger partial charge in [-0.1, -0.05) is 11.6 Å². The molecule has 5 heteroatoms. The van der Waals surface area contributed by atoms with Gasteiger partial charge in [-0.3, -0.25) is 10.6 Å². The first-order valence-electron chi connectivity index (χ1n) is 1.58. The van der Waals surface area contributed by atoms with Gasteiger partial charge in [-0.05, 0) is 0 Å². The van der Waals surface area contributed by atoms with E-state index in [1.54, 1.807) is 0 Å². The van der Waals surface area contributed by atoms with Crippen molar-refractivity contribution in [3.8, 4) is 0 Å². The molecule has 0 saturated heterocycles. The first-order valence-corrected chi connectivity index (χ1v) is 2.01. The van der Waals surface area contributed by atoms with E-state index in [4.69, 9.17) is 17.4 Å². The number of halogens is 1. The number of nitrogens with two attached hydrogens (primary N) is 2. The molecule has 0 bridgehead atoms. The summed E-state index contributed by atoms with van der Waals surface area (Å²) in [6, 6.07) is 0.